The van der Waals surface area contributed by atoms with Crippen molar-refractivity contribution in [2.75, 3.05) is 0 Å². The van der Waals surface area contributed by atoms with Gasteiger partial charge >= 0.3 is 0 Å². The molecular weight excluding hydrogens is 336 g/mol. The fourth-order valence-corrected chi connectivity index (χ4v) is 2.96. The van der Waals surface area contributed by atoms with Crippen LogP contribution in [-0.2, 0) is 22.0 Å². The summed E-state index contributed by atoms with van der Waals surface area (Å²) < 4.78 is 0. The van der Waals surface area contributed by atoms with E-state index in [9.17, 15) is 9.90 Å². The Morgan fingerprint density at radius 2 is 1.63 bits per heavy atom. The van der Waals surface area contributed by atoms with E-state index in [0.29, 0.717) is 18.6 Å². The first-order valence-electron chi connectivity index (χ1n) is 10.1. The minimum Gasteiger partial charge on any atom is -0.507 e. The number of hydrogen-bond acceptors (Lipinski definition) is 3. The Hall–Kier alpha value is -1.84. The number of hydrazone groups is 1. The average Bonchev–Trinajstić information content (AvgIpc) is 2.54. The van der Waals surface area contributed by atoms with Gasteiger partial charge in [-0.1, -0.05) is 73.4 Å². The molecule has 0 radical (unpaired) electrons. The number of carbonyl (C=O) groups excluding carboxylic acids is 1. The summed E-state index contributed by atoms with van der Waals surface area (Å²) in [6.07, 6.45) is 7.16. The highest BCUT2D eigenvalue weighted by Gasteiger charge is 2.26. The number of phenolic OH excluding ortho intramolecular Hbond substituents is 1. The summed E-state index contributed by atoms with van der Waals surface area (Å²) in [6.45, 7) is 14.7. The third-order valence-electron chi connectivity index (χ3n) is 4.64. The van der Waals surface area contributed by atoms with Gasteiger partial charge in [-0.3, -0.25) is 4.79 Å². The molecule has 1 amide bonds. The number of hydrogen-bond donors (Lipinski definition) is 2. The number of nitrogens with zero attached hydrogens (tertiary/aromatic N) is 1. The molecule has 2 N–H and O–H groups in total. The van der Waals surface area contributed by atoms with Crippen molar-refractivity contribution in [3.63, 3.8) is 0 Å². The third kappa shape index (κ3) is 7.74. The normalized spacial score (nSPS) is 12.6. The van der Waals surface area contributed by atoms with Crippen molar-refractivity contribution >= 4 is 12.1 Å². The topological polar surface area (TPSA) is 61.7 Å². The minimum atomic E-state index is -0.162. The smallest absolute Gasteiger partial charge is 0.240 e. The molecule has 27 heavy (non-hydrogen) atoms. The van der Waals surface area contributed by atoms with E-state index in [1.807, 2.05) is 12.1 Å². The first-order valence-corrected chi connectivity index (χ1v) is 10.1. The Morgan fingerprint density at radius 1 is 1.07 bits per heavy atom. The molecule has 0 aliphatic heterocycles. The summed E-state index contributed by atoms with van der Waals surface area (Å²) in [4.78, 5) is 12.1. The molecule has 0 fully saturated rings. The molecule has 0 heterocycles. The van der Waals surface area contributed by atoms with E-state index in [1.54, 1.807) is 6.21 Å². The molecular formula is C23H38N2O2. The lowest BCUT2D eigenvalue weighted by Crippen LogP contribution is -2.20. The Labute approximate surface area is 165 Å². The lowest BCUT2D eigenvalue weighted by Gasteiger charge is -2.28. The highest BCUT2D eigenvalue weighted by atomic mass is 16.3. The number of nitrogens with one attached hydrogen (secondary N) is 1. The molecule has 0 saturated heterocycles. The van der Waals surface area contributed by atoms with Crippen molar-refractivity contribution in [1.82, 2.24) is 5.43 Å². The minimum absolute atomic E-state index is 0.0792. The van der Waals surface area contributed by atoms with E-state index in [0.717, 1.165) is 29.5 Å². The van der Waals surface area contributed by atoms with Gasteiger partial charge in [0.2, 0.25) is 5.91 Å². The Balaban J connectivity index is 2.81. The zero-order valence-corrected chi connectivity index (χ0v) is 18.3. The van der Waals surface area contributed by atoms with Gasteiger partial charge in [-0.05, 0) is 46.8 Å². The number of carbonyl (C=O) groups is 1. The molecule has 0 spiro atoms. The van der Waals surface area contributed by atoms with Crippen LogP contribution in [0.4, 0.5) is 0 Å². The van der Waals surface area contributed by atoms with Crippen LogP contribution in [0.25, 0.3) is 0 Å². The predicted octanol–water partition coefficient (Wildman–Crippen LogP) is 5.60. The van der Waals surface area contributed by atoms with E-state index in [-0.39, 0.29) is 16.7 Å². The van der Waals surface area contributed by atoms with Gasteiger partial charge in [0.15, 0.2) is 0 Å². The monoisotopic (exact) mass is 374 g/mol. The van der Waals surface area contributed by atoms with Crippen molar-refractivity contribution in [3.8, 4) is 5.75 Å². The summed E-state index contributed by atoms with van der Waals surface area (Å²) in [7, 11) is 0. The molecule has 1 aromatic rings. The molecule has 0 aliphatic carbocycles. The van der Waals surface area contributed by atoms with Crippen molar-refractivity contribution in [1.29, 1.82) is 0 Å². The van der Waals surface area contributed by atoms with Crippen LogP contribution in [0.15, 0.2) is 17.2 Å². The molecule has 4 nitrogen and oxygen atoms in total. The predicted molar refractivity (Wildman–Crippen MR) is 115 cm³/mol. The molecule has 0 aliphatic rings. The maximum atomic E-state index is 12.1. The lowest BCUT2D eigenvalue weighted by atomic mass is 9.78. The average molecular weight is 375 g/mol. The van der Waals surface area contributed by atoms with E-state index < -0.39 is 0 Å². The summed E-state index contributed by atoms with van der Waals surface area (Å²) in [6, 6.07) is 4.07. The highest BCUT2D eigenvalue weighted by molar-refractivity contribution is 5.77. The standard InChI is InChI=1S/C23H38N2O2/c1-8-9-10-11-14-24-25-20(26)13-12-17-15-18(22(2,3)4)21(27)19(16-17)23(5,6)7/h14-16,27H,8-13H2,1-7H3,(H,25,26)/b24-14+. The van der Waals surface area contributed by atoms with Crippen LogP contribution in [0.2, 0.25) is 0 Å². The zero-order valence-electron chi connectivity index (χ0n) is 18.3. The third-order valence-corrected chi connectivity index (χ3v) is 4.64. The molecule has 0 atom stereocenters. The van der Waals surface area contributed by atoms with Crippen LogP contribution in [0, 0.1) is 0 Å². The number of benzene rings is 1. The largest absolute Gasteiger partial charge is 0.507 e. The number of aromatic hydroxyl groups is 1. The van der Waals surface area contributed by atoms with E-state index in [4.69, 9.17) is 0 Å². The van der Waals surface area contributed by atoms with Crippen LogP contribution in [-0.4, -0.2) is 17.2 Å². The zero-order chi connectivity index (χ0) is 20.7. The first-order chi connectivity index (χ1) is 12.5. The quantitative estimate of drug-likeness (QED) is 0.353. The van der Waals surface area contributed by atoms with Gasteiger partial charge in [0, 0.05) is 12.6 Å². The molecule has 4 heteroatoms. The Kier molecular flexibility index (Phi) is 8.52. The summed E-state index contributed by atoms with van der Waals surface area (Å²) in [5, 5.41) is 14.8. The van der Waals surface area contributed by atoms with Crippen LogP contribution >= 0.6 is 0 Å². The summed E-state index contributed by atoms with van der Waals surface area (Å²) in [5.41, 5.74) is 5.22. The van der Waals surface area contributed by atoms with Gasteiger partial charge in [-0.25, -0.2) is 5.43 Å². The SMILES string of the molecule is CCCCC/C=N/NC(=O)CCc1cc(C(C)(C)C)c(O)c(C(C)(C)C)c1. The first kappa shape index (κ1) is 23.2. The fourth-order valence-electron chi connectivity index (χ4n) is 2.96. The second-order valence-electron chi connectivity index (χ2n) is 9.38. The summed E-state index contributed by atoms with van der Waals surface area (Å²) in [5.74, 6) is 0.296. The van der Waals surface area contributed by atoms with Crippen molar-refractivity contribution in [3.05, 3.63) is 28.8 Å². The van der Waals surface area contributed by atoms with E-state index >= 15 is 0 Å². The van der Waals surface area contributed by atoms with Gasteiger partial charge in [0.25, 0.3) is 0 Å². The van der Waals surface area contributed by atoms with Crippen LogP contribution in [0.3, 0.4) is 0 Å². The van der Waals surface area contributed by atoms with Crippen LogP contribution < -0.4 is 5.43 Å². The number of rotatable bonds is 8. The molecule has 152 valence electrons. The Morgan fingerprint density at radius 3 is 2.11 bits per heavy atom. The van der Waals surface area contributed by atoms with Gasteiger partial charge in [-0.2, -0.15) is 5.10 Å². The fraction of sp³-hybridized carbons (Fsp3) is 0.652. The van der Waals surface area contributed by atoms with E-state index in [1.165, 1.54) is 12.8 Å². The molecule has 0 unspecified atom stereocenters. The number of unbranched alkanes of at least 4 members (excludes halogenated alkanes) is 3. The van der Waals surface area contributed by atoms with Crippen LogP contribution in [0.1, 0.15) is 97.3 Å². The van der Waals surface area contributed by atoms with Crippen molar-refractivity contribution in [2.24, 2.45) is 5.10 Å². The maximum absolute atomic E-state index is 12.1. The second kappa shape index (κ2) is 9.91. The molecule has 0 aromatic heterocycles. The molecule has 0 bridgehead atoms. The summed E-state index contributed by atoms with van der Waals surface area (Å²) >= 11 is 0. The number of phenols is 1. The Bertz CT molecular complexity index is 614. The number of amides is 1. The molecule has 1 aromatic carbocycles. The molecule has 1 rings (SSSR count). The molecule has 0 saturated carbocycles. The van der Waals surface area contributed by atoms with Crippen molar-refractivity contribution < 1.29 is 9.90 Å². The van der Waals surface area contributed by atoms with Gasteiger partial charge in [0.05, 0.1) is 0 Å². The number of aryl methyl sites for hydroxylation is 1. The highest BCUT2D eigenvalue weighted by Crippen LogP contribution is 2.39. The van der Waals surface area contributed by atoms with Crippen LogP contribution in [0.5, 0.6) is 5.75 Å². The van der Waals surface area contributed by atoms with Gasteiger partial charge < -0.3 is 5.11 Å². The second-order valence-corrected chi connectivity index (χ2v) is 9.38. The maximum Gasteiger partial charge on any atom is 0.240 e. The lowest BCUT2D eigenvalue weighted by molar-refractivity contribution is -0.121. The van der Waals surface area contributed by atoms with Gasteiger partial charge in [0.1, 0.15) is 5.75 Å². The van der Waals surface area contributed by atoms with Gasteiger partial charge in [-0.15, -0.1) is 0 Å². The van der Waals surface area contributed by atoms with E-state index in [2.05, 4.69) is 59.0 Å². The van der Waals surface area contributed by atoms with Crippen molar-refractivity contribution in [2.45, 2.75) is 97.8 Å².